The summed E-state index contributed by atoms with van der Waals surface area (Å²) in [5, 5.41) is 12.9. The van der Waals surface area contributed by atoms with Crippen molar-refractivity contribution in [3.05, 3.63) is 68.9 Å². The molecule has 0 spiro atoms. The zero-order chi connectivity index (χ0) is 15.4. The lowest BCUT2D eigenvalue weighted by Gasteiger charge is -2.05. The maximum Gasteiger partial charge on any atom is 0.364 e. The summed E-state index contributed by atoms with van der Waals surface area (Å²) in [6.45, 7) is 0. The molecule has 1 aromatic carbocycles. The van der Waals surface area contributed by atoms with Crippen LogP contribution in [-0.2, 0) is 0 Å². The molecule has 0 aliphatic carbocycles. The van der Waals surface area contributed by atoms with Crippen LogP contribution in [0.5, 0.6) is 0 Å². The Labute approximate surface area is 123 Å². The van der Waals surface area contributed by atoms with E-state index in [1.165, 1.54) is 18.2 Å². The highest BCUT2D eigenvalue weighted by atomic mass is 35.5. The normalized spacial score (nSPS) is 9.95. The Morgan fingerprint density at radius 3 is 2.57 bits per heavy atom. The molecule has 7 nitrogen and oxygen atoms in total. The van der Waals surface area contributed by atoms with E-state index < -0.39 is 22.6 Å². The number of hydrogen-bond donors (Lipinski definition) is 1. The fourth-order valence-electron chi connectivity index (χ4n) is 1.55. The maximum absolute atomic E-state index is 11.9. The Balaban J connectivity index is 2.19. The summed E-state index contributed by atoms with van der Waals surface area (Å²) < 4.78 is 0. The number of nitrogens with one attached hydrogen (secondary N) is 1. The zero-order valence-corrected chi connectivity index (χ0v) is 11.2. The number of aromatic nitrogens is 1. The van der Waals surface area contributed by atoms with E-state index in [1.807, 2.05) is 0 Å². The Bertz CT molecular complexity index is 733. The molecule has 1 aromatic heterocycles. The number of nitro groups is 1. The lowest BCUT2D eigenvalue weighted by atomic mass is 10.2. The fourth-order valence-corrected chi connectivity index (χ4v) is 1.77. The molecule has 2 amide bonds. The number of pyridine rings is 1. The van der Waals surface area contributed by atoms with Crippen LogP contribution in [-0.4, -0.2) is 21.7 Å². The molecule has 0 radical (unpaired) electrons. The SMILES string of the molecule is O=C(NC(=O)c1ccccc1Cl)c1ccnc([N+](=O)[O-])c1. The average Bonchev–Trinajstić information content (AvgIpc) is 2.47. The molecule has 0 unspecified atom stereocenters. The molecule has 0 fully saturated rings. The second-order valence-electron chi connectivity index (χ2n) is 3.92. The zero-order valence-electron chi connectivity index (χ0n) is 10.4. The average molecular weight is 306 g/mol. The van der Waals surface area contributed by atoms with Gasteiger partial charge in [-0.2, -0.15) is 0 Å². The highest BCUT2D eigenvalue weighted by Crippen LogP contribution is 2.15. The van der Waals surface area contributed by atoms with Gasteiger partial charge < -0.3 is 10.1 Å². The van der Waals surface area contributed by atoms with Crippen LogP contribution < -0.4 is 5.32 Å². The van der Waals surface area contributed by atoms with Gasteiger partial charge in [0.1, 0.15) is 6.20 Å². The topological polar surface area (TPSA) is 102 Å². The van der Waals surface area contributed by atoms with E-state index in [-0.39, 0.29) is 16.1 Å². The largest absolute Gasteiger partial charge is 0.364 e. The van der Waals surface area contributed by atoms with Gasteiger partial charge in [-0.1, -0.05) is 23.7 Å². The summed E-state index contributed by atoms with van der Waals surface area (Å²) in [6.07, 6.45) is 1.12. The van der Waals surface area contributed by atoms with Gasteiger partial charge in [0.15, 0.2) is 0 Å². The molecule has 2 aromatic rings. The van der Waals surface area contributed by atoms with E-state index in [0.29, 0.717) is 0 Å². The summed E-state index contributed by atoms with van der Waals surface area (Å²) in [4.78, 5) is 37.1. The predicted molar refractivity (Wildman–Crippen MR) is 74.1 cm³/mol. The second kappa shape index (κ2) is 6.10. The molecule has 1 heterocycles. The van der Waals surface area contributed by atoms with E-state index in [1.54, 1.807) is 12.1 Å². The van der Waals surface area contributed by atoms with Crippen LogP contribution in [0, 0.1) is 10.1 Å². The number of halogens is 1. The monoisotopic (exact) mass is 305 g/mol. The van der Waals surface area contributed by atoms with Gasteiger partial charge in [0.25, 0.3) is 11.8 Å². The number of nitrogens with zero attached hydrogens (tertiary/aromatic N) is 2. The van der Waals surface area contributed by atoms with Crippen molar-refractivity contribution in [1.82, 2.24) is 10.3 Å². The number of hydrogen-bond acceptors (Lipinski definition) is 5. The minimum atomic E-state index is -0.773. The molecule has 0 bridgehead atoms. The third kappa shape index (κ3) is 3.40. The minimum Gasteiger partial charge on any atom is -0.358 e. The Hall–Kier alpha value is -2.80. The lowest BCUT2D eigenvalue weighted by Crippen LogP contribution is -2.30. The van der Waals surface area contributed by atoms with Gasteiger partial charge in [0.2, 0.25) is 0 Å². The molecule has 21 heavy (non-hydrogen) atoms. The van der Waals surface area contributed by atoms with E-state index in [0.717, 1.165) is 12.3 Å². The highest BCUT2D eigenvalue weighted by Gasteiger charge is 2.17. The molecule has 0 atom stereocenters. The van der Waals surface area contributed by atoms with Crippen molar-refractivity contribution in [2.75, 3.05) is 0 Å². The quantitative estimate of drug-likeness (QED) is 0.532. The lowest BCUT2D eigenvalue weighted by molar-refractivity contribution is -0.389. The third-order valence-corrected chi connectivity index (χ3v) is 2.87. The van der Waals surface area contributed by atoms with Crippen molar-refractivity contribution in [3.63, 3.8) is 0 Å². The molecular formula is C13H8ClN3O4. The van der Waals surface area contributed by atoms with Crippen LogP contribution in [0.4, 0.5) is 5.82 Å². The third-order valence-electron chi connectivity index (χ3n) is 2.54. The number of carbonyl (C=O) groups is 2. The summed E-state index contributed by atoms with van der Waals surface area (Å²) in [5.41, 5.74) is 0.0909. The fraction of sp³-hybridized carbons (Fsp3) is 0. The first kappa shape index (κ1) is 14.6. The van der Waals surface area contributed by atoms with Crippen LogP contribution in [0.2, 0.25) is 5.02 Å². The summed E-state index contributed by atoms with van der Waals surface area (Å²) in [6, 6.07) is 8.46. The van der Waals surface area contributed by atoms with Gasteiger partial charge in [-0.15, -0.1) is 0 Å². The van der Waals surface area contributed by atoms with Crippen LogP contribution in [0.25, 0.3) is 0 Å². The summed E-state index contributed by atoms with van der Waals surface area (Å²) in [5.74, 6) is -1.94. The van der Waals surface area contributed by atoms with Gasteiger partial charge in [-0.25, -0.2) is 0 Å². The first-order chi connectivity index (χ1) is 9.99. The molecule has 106 valence electrons. The first-order valence-electron chi connectivity index (χ1n) is 5.69. The van der Waals surface area contributed by atoms with Gasteiger partial charge in [-0.3, -0.25) is 14.9 Å². The number of benzene rings is 1. The van der Waals surface area contributed by atoms with Crippen LogP contribution in [0.3, 0.4) is 0 Å². The van der Waals surface area contributed by atoms with Gasteiger partial charge in [-0.05, 0) is 28.1 Å². The van der Waals surface area contributed by atoms with Gasteiger partial charge >= 0.3 is 5.82 Å². The van der Waals surface area contributed by atoms with Crippen LogP contribution in [0.15, 0.2) is 42.6 Å². The highest BCUT2D eigenvalue weighted by molar-refractivity contribution is 6.34. The van der Waals surface area contributed by atoms with E-state index in [9.17, 15) is 19.7 Å². The van der Waals surface area contributed by atoms with Gasteiger partial charge in [0.05, 0.1) is 16.1 Å². The summed E-state index contributed by atoms with van der Waals surface area (Å²) >= 11 is 5.84. The van der Waals surface area contributed by atoms with Crippen molar-refractivity contribution in [2.45, 2.75) is 0 Å². The minimum absolute atomic E-state index is 0.0443. The standard InChI is InChI=1S/C13H8ClN3O4/c14-10-4-2-1-3-9(10)13(19)16-12(18)8-5-6-15-11(7-8)17(20)21/h1-7H,(H,16,18,19). The second-order valence-corrected chi connectivity index (χ2v) is 4.33. The van der Waals surface area contributed by atoms with Crippen molar-refractivity contribution >= 4 is 29.2 Å². The number of imide groups is 1. The van der Waals surface area contributed by atoms with Crippen molar-refractivity contribution in [3.8, 4) is 0 Å². The van der Waals surface area contributed by atoms with E-state index >= 15 is 0 Å². The van der Waals surface area contributed by atoms with Crippen molar-refractivity contribution in [1.29, 1.82) is 0 Å². The molecule has 0 saturated heterocycles. The van der Waals surface area contributed by atoms with Gasteiger partial charge in [0, 0.05) is 6.07 Å². The number of amides is 2. The molecule has 1 N–H and O–H groups in total. The molecule has 2 rings (SSSR count). The number of carbonyl (C=O) groups excluding carboxylic acids is 2. The van der Waals surface area contributed by atoms with Crippen LogP contribution >= 0.6 is 11.6 Å². The molecule has 8 heteroatoms. The first-order valence-corrected chi connectivity index (χ1v) is 6.07. The molecule has 0 saturated carbocycles. The van der Waals surface area contributed by atoms with Crippen molar-refractivity contribution in [2.24, 2.45) is 0 Å². The maximum atomic E-state index is 11.9. The Morgan fingerprint density at radius 1 is 1.19 bits per heavy atom. The Kier molecular flexibility index (Phi) is 4.24. The van der Waals surface area contributed by atoms with Crippen molar-refractivity contribution < 1.29 is 14.5 Å². The molecule has 0 aliphatic rings. The number of rotatable bonds is 3. The molecular weight excluding hydrogens is 298 g/mol. The molecule has 0 aliphatic heterocycles. The van der Waals surface area contributed by atoms with E-state index in [2.05, 4.69) is 10.3 Å². The van der Waals surface area contributed by atoms with Crippen LogP contribution in [0.1, 0.15) is 20.7 Å². The smallest absolute Gasteiger partial charge is 0.358 e. The van der Waals surface area contributed by atoms with E-state index in [4.69, 9.17) is 11.6 Å². The predicted octanol–water partition coefficient (Wildman–Crippen LogP) is 2.21. The Morgan fingerprint density at radius 2 is 1.90 bits per heavy atom. The summed E-state index contributed by atoms with van der Waals surface area (Å²) in [7, 11) is 0.